The first-order valence-corrected chi connectivity index (χ1v) is 7.06. The summed E-state index contributed by atoms with van der Waals surface area (Å²) in [4.78, 5) is 4.43. The molecule has 2 aromatic rings. The van der Waals surface area contributed by atoms with E-state index in [0.717, 1.165) is 28.1 Å². The molecule has 5 nitrogen and oxygen atoms in total. The minimum atomic E-state index is -0.252. The SMILES string of the molecule is COC(C)(C)CNc1nccc2cc3c(cc12)OCCO3. The molecule has 0 unspecified atom stereocenters. The molecule has 21 heavy (non-hydrogen) atoms. The van der Waals surface area contributed by atoms with Crippen LogP contribution < -0.4 is 14.8 Å². The van der Waals surface area contributed by atoms with Crippen LogP contribution in [0.15, 0.2) is 24.4 Å². The van der Waals surface area contributed by atoms with Crippen molar-refractivity contribution >= 4 is 16.6 Å². The number of rotatable bonds is 4. The number of pyridine rings is 1. The van der Waals surface area contributed by atoms with Crippen LogP contribution in [0, 0.1) is 0 Å². The number of ether oxygens (including phenoxy) is 3. The molecule has 1 N–H and O–H groups in total. The van der Waals surface area contributed by atoms with Crippen LogP contribution in [0.3, 0.4) is 0 Å². The van der Waals surface area contributed by atoms with E-state index in [1.165, 1.54) is 0 Å². The molecule has 1 aromatic heterocycles. The fraction of sp³-hybridized carbons (Fsp3) is 0.438. The zero-order valence-electron chi connectivity index (χ0n) is 12.6. The van der Waals surface area contributed by atoms with Crippen molar-refractivity contribution in [1.82, 2.24) is 4.98 Å². The van der Waals surface area contributed by atoms with E-state index in [4.69, 9.17) is 14.2 Å². The van der Waals surface area contributed by atoms with Crippen LogP contribution >= 0.6 is 0 Å². The lowest BCUT2D eigenvalue weighted by Crippen LogP contribution is -2.32. The van der Waals surface area contributed by atoms with Gasteiger partial charge in [-0.25, -0.2) is 4.98 Å². The normalized spacial score (nSPS) is 14.2. The number of fused-ring (bicyclic) bond motifs is 2. The average Bonchev–Trinajstić information content (AvgIpc) is 2.51. The molecular weight excluding hydrogens is 268 g/mol. The first-order chi connectivity index (χ1) is 10.1. The van der Waals surface area contributed by atoms with Crippen molar-refractivity contribution in [3.05, 3.63) is 24.4 Å². The Morgan fingerprint density at radius 1 is 1.24 bits per heavy atom. The second kappa shape index (κ2) is 5.41. The highest BCUT2D eigenvalue weighted by Crippen LogP contribution is 2.36. The van der Waals surface area contributed by atoms with Crippen molar-refractivity contribution in [3.63, 3.8) is 0 Å². The number of methoxy groups -OCH3 is 1. The third kappa shape index (κ3) is 2.88. The van der Waals surface area contributed by atoms with Gasteiger partial charge in [-0.15, -0.1) is 0 Å². The van der Waals surface area contributed by atoms with Gasteiger partial charge in [0.05, 0.1) is 5.60 Å². The molecule has 0 atom stereocenters. The van der Waals surface area contributed by atoms with Gasteiger partial charge in [-0.05, 0) is 37.4 Å². The largest absolute Gasteiger partial charge is 0.486 e. The van der Waals surface area contributed by atoms with E-state index >= 15 is 0 Å². The molecule has 0 bridgehead atoms. The molecule has 1 aliphatic heterocycles. The minimum absolute atomic E-state index is 0.252. The Morgan fingerprint density at radius 2 is 1.95 bits per heavy atom. The van der Waals surface area contributed by atoms with E-state index in [-0.39, 0.29) is 5.60 Å². The molecule has 0 aliphatic carbocycles. The van der Waals surface area contributed by atoms with Crippen LogP contribution in [0.1, 0.15) is 13.8 Å². The first kappa shape index (κ1) is 13.9. The van der Waals surface area contributed by atoms with Gasteiger partial charge in [-0.3, -0.25) is 0 Å². The molecule has 3 rings (SSSR count). The van der Waals surface area contributed by atoms with E-state index in [2.05, 4.69) is 10.3 Å². The van der Waals surface area contributed by atoms with Crippen molar-refractivity contribution < 1.29 is 14.2 Å². The van der Waals surface area contributed by atoms with Gasteiger partial charge in [0.15, 0.2) is 11.5 Å². The molecule has 5 heteroatoms. The number of hydrogen-bond acceptors (Lipinski definition) is 5. The van der Waals surface area contributed by atoms with Gasteiger partial charge < -0.3 is 19.5 Å². The van der Waals surface area contributed by atoms with E-state index in [1.807, 2.05) is 32.0 Å². The molecule has 0 radical (unpaired) electrons. The molecule has 0 saturated heterocycles. The number of anilines is 1. The van der Waals surface area contributed by atoms with Gasteiger partial charge in [0.25, 0.3) is 0 Å². The Kier molecular flexibility index (Phi) is 3.59. The molecule has 2 heterocycles. The zero-order chi connectivity index (χ0) is 14.9. The highest BCUT2D eigenvalue weighted by Gasteiger charge is 2.18. The van der Waals surface area contributed by atoms with E-state index in [9.17, 15) is 0 Å². The number of hydrogen-bond donors (Lipinski definition) is 1. The summed E-state index contributed by atoms with van der Waals surface area (Å²) in [5, 5.41) is 5.45. The summed E-state index contributed by atoms with van der Waals surface area (Å²) in [6, 6.07) is 5.96. The molecule has 0 amide bonds. The van der Waals surface area contributed by atoms with E-state index in [0.29, 0.717) is 19.8 Å². The second-order valence-electron chi connectivity index (χ2n) is 5.69. The first-order valence-electron chi connectivity index (χ1n) is 7.06. The monoisotopic (exact) mass is 288 g/mol. The summed E-state index contributed by atoms with van der Waals surface area (Å²) in [7, 11) is 1.71. The third-order valence-corrected chi connectivity index (χ3v) is 3.66. The summed E-state index contributed by atoms with van der Waals surface area (Å²) >= 11 is 0. The zero-order valence-corrected chi connectivity index (χ0v) is 12.6. The minimum Gasteiger partial charge on any atom is -0.486 e. The lowest BCUT2D eigenvalue weighted by molar-refractivity contribution is 0.0343. The number of nitrogens with zero attached hydrogens (tertiary/aromatic N) is 1. The maximum absolute atomic E-state index is 5.65. The molecule has 0 fully saturated rings. The van der Waals surface area contributed by atoms with Crippen molar-refractivity contribution in [2.75, 3.05) is 32.2 Å². The van der Waals surface area contributed by atoms with Crippen molar-refractivity contribution in [2.24, 2.45) is 0 Å². The Hall–Kier alpha value is -2.01. The summed E-state index contributed by atoms with van der Waals surface area (Å²) < 4.78 is 16.7. The van der Waals surface area contributed by atoms with Gasteiger partial charge in [0, 0.05) is 25.2 Å². The fourth-order valence-corrected chi connectivity index (χ4v) is 2.22. The Labute approximate surface area is 124 Å². The quantitative estimate of drug-likeness (QED) is 0.937. The summed E-state index contributed by atoms with van der Waals surface area (Å²) in [6.45, 7) is 5.91. The highest BCUT2D eigenvalue weighted by atomic mass is 16.6. The Bertz CT molecular complexity index is 655. The van der Waals surface area contributed by atoms with Gasteiger partial charge in [-0.1, -0.05) is 0 Å². The lowest BCUT2D eigenvalue weighted by atomic mass is 10.1. The Morgan fingerprint density at radius 3 is 2.67 bits per heavy atom. The van der Waals surface area contributed by atoms with Crippen LogP contribution in [0.4, 0.5) is 5.82 Å². The summed E-state index contributed by atoms with van der Waals surface area (Å²) in [5.74, 6) is 2.40. The van der Waals surface area contributed by atoms with Gasteiger partial charge in [-0.2, -0.15) is 0 Å². The summed E-state index contributed by atoms with van der Waals surface area (Å²) in [6.07, 6.45) is 1.79. The fourth-order valence-electron chi connectivity index (χ4n) is 2.22. The van der Waals surface area contributed by atoms with Gasteiger partial charge in [0.2, 0.25) is 0 Å². The molecule has 0 spiro atoms. The van der Waals surface area contributed by atoms with Crippen LogP contribution in [0.25, 0.3) is 10.8 Å². The number of nitrogens with one attached hydrogen (secondary N) is 1. The predicted octanol–water partition coefficient (Wildman–Crippen LogP) is 2.84. The van der Waals surface area contributed by atoms with Crippen LogP contribution in [0.5, 0.6) is 11.5 Å². The van der Waals surface area contributed by atoms with Crippen molar-refractivity contribution in [1.29, 1.82) is 0 Å². The van der Waals surface area contributed by atoms with Gasteiger partial charge >= 0.3 is 0 Å². The second-order valence-corrected chi connectivity index (χ2v) is 5.69. The average molecular weight is 288 g/mol. The lowest BCUT2D eigenvalue weighted by Gasteiger charge is -2.24. The molecule has 1 aliphatic rings. The molecule has 112 valence electrons. The molecular formula is C16H20N2O3. The van der Waals surface area contributed by atoms with Gasteiger partial charge in [0.1, 0.15) is 19.0 Å². The maximum Gasteiger partial charge on any atom is 0.162 e. The topological polar surface area (TPSA) is 52.6 Å². The highest BCUT2D eigenvalue weighted by molar-refractivity contribution is 5.94. The Balaban J connectivity index is 1.95. The van der Waals surface area contributed by atoms with Crippen molar-refractivity contribution in [2.45, 2.75) is 19.4 Å². The predicted molar refractivity (Wildman–Crippen MR) is 82.3 cm³/mol. The maximum atomic E-state index is 5.65. The third-order valence-electron chi connectivity index (χ3n) is 3.66. The van der Waals surface area contributed by atoms with E-state index in [1.54, 1.807) is 13.3 Å². The van der Waals surface area contributed by atoms with E-state index < -0.39 is 0 Å². The van der Waals surface area contributed by atoms with Crippen LogP contribution in [-0.4, -0.2) is 37.5 Å². The molecule has 1 aromatic carbocycles. The van der Waals surface area contributed by atoms with Crippen LogP contribution in [-0.2, 0) is 4.74 Å². The number of aromatic nitrogens is 1. The standard InChI is InChI=1S/C16H20N2O3/c1-16(2,19-3)10-18-15-12-9-14-13(20-6-7-21-14)8-11(12)4-5-17-15/h4-5,8-9H,6-7,10H2,1-3H3,(H,17,18). The summed E-state index contributed by atoms with van der Waals surface area (Å²) in [5.41, 5.74) is -0.252. The molecule has 0 saturated carbocycles. The van der Waals surface area contributed by atoms with Crippen molar-refractivity contribution in [3.8, 4) is 11.5 Å². The number of benzene rings is 1. The van der Waals surface area contributed by atoms with Crippen LogP contribution in [0.2, 0.25) is 0 Å². The smallest absolute Gasteiger partial charge is 0.162 e.